The molecule has 3 N–H and O–H groups in total. The standard InChI is InChI=1S/C19H26FN3O4S2.HI/c1-4-21-19(23-13(2)14-7-8-17(27-3)16(20)10-14)22-11-15(24)12-29(25,26)18-6-5-9-28-18;/h5-10,13,15,24H,4,11-12H2,1-3H3,(H2,21,22,23);1H. The van der Waals surface area contributed by atoms with E-state index >= 15 is 0 Å². The van der Waals surface area contributed by atoms with E-state index in [0.29, 0.717) is 18.1 Å². The van der Waals surface area contributed by atoms with E-state index in [4.69, 9.17) is 4.74 Å². The molecule has 1 aromatic heterocycles. The Hall–Kier alpha value is -1.44. The Labute approximate surface area is 197 Å². The number of aliphatic imine (C=N–C) groups is 1. The van der Waals surface area contributed by atoms with Gasteiger partial charge in [-0.25, -0.2) is 12.8 Å². The summed E-state index contributed by atoms with van der Waals surface area (Å²) in [5.41, 5.74) is 0.690. The number of rotatable bonds is 9. The van der Waals surface area contributed by atoms with Crippen LogP contribution in [0.25, 0.3) is 0 Å². The van der Waals surface area contributed by atoms with Crippen molar-refractivity contribution < 1.29 is 22.7 Å². The third kappa shape index (κ3) is 7.67. The van der Waals surface area contributed by atoms with Gasteiger partial charge in [0.1, 0.15) is 4.21 Å². The minimum absolute atomic E-state index is 0. The number of guanidine groups is 1. The fourth-order valence-electron chi connectivity index (χ4n) is 2.59. The number of hydrogen-bond donors (Lipinski definition) is 3. The van der Waals surface area contributed by atoms with Crippen LogP contribution >= 0.6 is 35.3 Å². The highest BCUT2D eigenvalue weighted by Crippen LogP contribution is 2.22. The molecule has 1 heterocycles. The molecule has 30 heavy (non-hydrogen) atoms. The third-order valence-corrected chi connectivity index (χ3v) is 7.33. The number of sulfone groups is 1. The molecule has 2 unspecified atom stereocenters. The van der Waals surface area contributed by atoms with Crippen molar-refractivity contribution in [2.45, 2.75) is 30.2 Å². The van der Waals surface area contributed by atoms with Crippen LogP contribution in [0.3, 0.4) is 0 Å². The van der Waals surface area contributed by atoms with Crippen molar-refractivity contribution in [1.82, 2.24) is 10.6 Å². The zero-order chi connectivity index (χ0) is 21.4. The lowest BCUT2D eigenvalue weighted by Crippen LogP contribution is -2.39. The zero-order valence-corrected chi connectivity index (χ0v) is 20.9. The Morgan fingerprint density at radius 3 is 2.67 bits per heavy atom. The van der Waals surface area contributed by atoms with Gasteiger partial charge < -0.3 is 20.5 Å². The van der Waals surface area contributed by atoms with Crippen molar-refractivity contribution in [3.8, 4) is 5.75 Å². The normalized spacial score (nSPS) is 13.8. The van der Waals surface area contributed by atoms with Crippen molar-refractivity contribution in [3.63, 3.8) is 0 Å². The molecule has 2 atom stereocenters. The summed E-state index contributed by atoms with van der Waals surface area (Å²) in [5, 5.41) is 18.0. The maximum Gasteiger partial charge on any atom is 0.191 e. The molecule has 2 rings (SSSR count). The summed E-state index contributed by atoms with van der Waals surface area (Å²) >= 11 is 1.11. The van der Waals surface area contributed by atoms with E-state index in [-0.39, 0.29) is 46.5 Å². The smallest absolute Gasteiger partial charge is 0.191 e. The summed E-state index contributed by atoms with van der Waals surface area (Å²) in [6.45, 7) is 4.20. The summed E-state index contributed by atoms with van der Waals surface area (Å²) in [4.78, 5) is 4.27. The molecule has 0 spiro atoms. The van der Waals surface area contributed by atoms with Gasteiger partial charge in [-0.1, -0.05) is 12.1 Å². The van der Waals surface area contributed by atoms with E-state index in [1.807, 2.05) is 13.8 Å². The average Bonchev–Trinajstić information content (AvgIpc) is 3.21. The van der Waals surface area contributed by atoms with Crippen molar-refractivity contribution in [3.05, 3.63) is 47.1 Å². The predicted octanol–water partition coefficient (Wildman–Crippen LogP) is 2.96. The number of hydrogen-bond acceptors (Lipinski definition) is 6. The number of halogens is 2. The first-order chi connectivity index (χ1) is 13.8. The molecule has 7 nitrogen and oxygen atoms in total. The van der Waals surface area contributed by atoms with E-state index in [1.54, 1.807) is 23.6 Å². The van der Waals surface area contributed by atoms with Gasteiger partial charge >= 0.3 is 0 Å². The number of benzene rings is 1. The topological polar surface area (TPSA) is 100 Å². The van der Waals surface area contributed by atoms with Crippen LogP contribution in [0.4, 0.5) is 4.39 Å². The van der Waals surface area contributed by atoms with Gasteiger partial charge in [-0.2, -0.15) is 0 Å². The van der Waals surface area contributed by atoms with Crippen molar-refractivity contribution in [2.75, 3.05) is 26.0 Å². The summed E-state index contributed by atoms with van der Waals surface area (Å²) in [7, 11) is -2.15. The minimum atomic E-state index is -3.55. The first-order valence-corrected chi connectivity index (χ1v) is 11.6. The quantitative estimate of drug-likeness (QED) is 0.243. The maximum atomic E-state index is 13.9. The molecule has 0 bridgehead atoms. The number of thiophene rings is 1. The van der Waals surface area contributed by atoms with Crippen molar-refractivity contribution >= 4 is 51.1 Å². The molecule has 1 aromatic carbocycles. The largest absolute Gasteiger partial charge is 0.494 e. The first-order valence-electron chi connectivity index (χ1n) is 9.09. The van der Waals surface area contributed by atoms with Gasteiger partial charge in [-0.05, 0) is 43.0 Å². The van der Waals surface area contributed by atoms with Gasteiger partial charge in [-0.3, -0.25) is 4.99 Å². The van der Waals surface area contributed by atoms with Crippen LogP contribution in [0.5, 0.6) is 5.75 Å². The van der Waals surface area contributed by atoms with Crippen LogP contribution in [0.2, 0.25) is 0 Å². The molecule has 0 aliphatic rings. The first kappa shape index (κ1) is 26.6. The fourth-order valence-corrected chi connectivity index (χ4v) is 5.05. The molecule has 0 aliphatic carbocycles. The van der Waals surface area contributed by atoms with Gasteiger partial charge in [-0.15, -0.1) is 35.3 Å². The third-order valence-electron chi connectivity index (χ3n) is 4.05. The molecule has 0 saturated carbocycles. The van der Waals surface area contributed by atoms with E-state index in [2.05, 4.69) is 15.6 Å². The van der Waals surface area contributed by atoms with Gasteiger partial charge in [0.25, 0.3) is 0 Å². The lowest BCUT2D eigenvalue weighted by molar-refractivity contribution is 0.206. The Kier molecular flexibility index (Phi) is 11.0. The predicted molar refractivity (Wildman–Crippen MR) is 128 cm³/mol. The fraction of sp³-hybridized carbons (Fsp3) is 0.421. The lowest BCUT2D eigenvalue weighted by atomic mass is 10.1. The molecular weight excluding hydrogens is 544 g/mol. The molecule has 0 radical (unpaired) electrons. The number of methoxy groups -OCH3 is 1. The van der Waals surface area contributed by atoms with Crippen LogP contribution in [0.1, 0.15) is 25.5 Å². The highest BCUT2D eigenvalue weighted by molar-refractivity contribution is 14.0. The molecule has 0 amide bonds. The van der Waals surface area contributed by atoms with E-state index in [9.17, 15) is 17.9 Å². The number of nitrogens with one attached hydrogen (secondary N) is 2. The van der Waals surface area contributed by atoms with E-state index in [0.717, 1.165) is 11.3 Å². The van der Waals surface area contributed by atoms with Crippen LogP contribution < -0.4 is 15.4 Å². The Morgan fingerprint density at radius 1 is 1.37 bits per heavy atom. The summed E-state index contributed by atoms with van der Waals surface area (Å²) in [6, 6.07) is 7.55. The SMILES string of the molecule is CCNC(=NCC(O)CS(=O)(=O)c1cccs1)NC(C)c1ccc(OC)c(F)c1.I. The van der Waals surface area contributed by atoms with Crippen LogP contribution in [-0.2, 0) is 9.84 Å². The number of aliphatic hydroxyl groups excluding tert-OH is 1. The maximum absolute atomic E-state index is 13.9. The molecule has 11 heteroatoms. The zero-order valence-electron chi connectivity index (χ0n) is 17.0. The minimum Gasteiger partial charge on any atom is -0.494 e. The highest BCUT2D eigenvalue weighted by Gasteiger charge is 2.21. The van der Waals surface area contributed by atoms with Gasteiger partial charge in [0.15, 0.2) is 27.4 Å². The summed E-state index contributed by atoms with van der Waals surface area (Å²) in [5.74, 6) is -0.314. The van der Waals surface area contributed by atoms with Crippen LogP contribution in [0.15, 0.2) is 44.9 Å². The average molecular weight is 571 g/mol. The lowest BCUT2D eigenvalue weighted by Gasteiger charge is -2.19. The molecule has 2 aromatic rings. The Bertz CT molecular complexity index is 924. The Balaban J connectivity index is 0.00000450. The highest BCUT2D eigenvalue weighted by atomic mass is 127. The second kappa shape index (κ2) is 12.4. The number of aliphatic hydroxyl groups is 1. The van der Waals surface area contributed by atoms with Gasteiger partial charge in [0.2, 0.25) is 0 Å². The molecule has 0 fully saturated rings. The van der Waals surface area contributed by atoms with Gasteiger partial charge in [0, 0.05) is 6.54 Å². The van der Waals surface area contributed by atoms with Gasteiger partial charge in [0.05, 0.1) is 31.6 Å². The molecule has 168 valence electrons. The van der Waals surface area contributed by atoms with E-state index < -0.39 is 27.5 Å². The second-order valence-corrected chi connectivity index (χ2v) is 9.56. The molecule has 0 aliphatic heterocycles. The van der Waals surface area contributed by atoms with Crippen LogP contribution in [-0.4, -0.2) is 51.5 Å². The second-order valence-electron chi connectivity index (χ2n) is 6.35. The van der Waals surface area contributed by atoms with Crippen LogP contribution in [0, 0.1) is 5.82 Å². The molecule has 0 saturated heterocycles. The summed E-state index contributed by atoms with van der Waals surface area (Å²) < 4.78 is 43.6. The number of nitrogens with zero attached hydrogens (tertiary/aromatic N) is 1. The Morgan fingerprint density at radius 2 is 2.10 bits per heavy atom. The summed E-state index contributed by atoms with van der Waals surface area (Å²) in [6.07, 6.45) is -1.15. The molecular formula is C19H27FIN3O4S2. The number of ether oxygens (including phenoxy) is 1. The monoisotopic (exact) mass is 571 g/mol. The van der Waals surface area contributed by atoms with Crippen molar-refractivity contribution in [2.24, 2.45) is 4.99 Å². The van der Waals surface area contributed by atoms with E-state index in [1.165, 1.54) is 19.2 Å². The van der Waals surface area contributed by atoms with Crippen molar-refractivity contribution in [1.29, 1.82) is 0 Å².